The van der Waals surface area contributed by atoms with E-state index in [9.17, 15) is 0 Å². The van der Waals surface area contributed by atoms with E-state index in [1.54, 1.807) is 11.1 Å². The van der Waals surface area contributed by atoms with Gasteiger partial charge in [-0.15, -0.1) is 0 Å². The zero-order valence-corrected chi connectivity index (χ0v) is 12.8. The molecule has 3 rings (SSSR count). The lowest BCUT2D eigenvalue weighted by atomic mass is 9.82. The topological polar surface area (TPSA) is 29.3 Å². The summed E-state index contributed by atoms with van der Waals surface area (Å²) < 4.78 is 0. The van der Waals surface area contributed by atoms with E-state index in [0.29, 0.717) is 5.92 Å². The Morgan fingerprint density at radius 2 is 1.86 bits per heavy atom. The van der Waals surface area contributed by atoms with Crippen molar-refractivity contribution in [3.05, 3.63) is 65.2 Å². The molecule has 2 N–H and O–H groups in total. The van der Waals surface area contributed by atoms with Crippen molar-refractivity contribution in [1.82, 2.24) is 4.90 Å². The summed E-state index contributed by atoms with van der Waals surface area (Å²) in [5.74, 6) is 0.675. The third-order valence-corrected chi connectivity index (χ3v) is 4.46. The molecule has 0 heterocycles. The number of nitrogens with two attached hydrogens (primary N) is 1. The van der Waals surface area contributed by atoms with Crippen molar-refractivity contribution in [3.63, 3.8) is 0 Å². The van der Waals surface area contributed by atoms with Crippen LogP contribution in [0.4, 0.5) is 5.69 Å². The zero-order valence-electron chi connectivity index (χ0n) is 12.8. The summed E-state index contributed by atoms with van der Waals surface area (Å²) in [6, 6.07) is 17.2. The van der Waals surface area contributed by atoms with Crippen molar-refractivity contribution in [2.75, 3.05) is 19.3 Å². The standard InChI is InChI=1S/C19H24N2/c1-21(13-15-9-11-18(20)12-10-15)14-17-7-4-6-16-5-2-3-8-19(16)17/h2-3,5,8-12,17H,4,6-7,13-14,20H2,1H3. The highest BCUT2D eigenvalue weighted by molar-refractivity contribution is 5.39. The second-order valence-electron chi connectivity index (χ2n) is 6.23. The molecule has 0 saturated carbocycles. The van der Waals surface area contributed by atoms with Crippen molar-refractivity contribution in [3.8, 4) is 0 Å². The molecule has 0 spiro atoms. The van der Waals surface area contributed by atoms with Gasteiger partial charge in [0, 0.05) is 18.8 Å². The van der Waals surface area contributed by atoms with Crippen LogP contribution in [0.15, 0.2) is 48.5 Å². The van der Waals surface area contributed by atoms with Gasteiger partial charge in [0.2, 0.25) is 0 Å². The fraction of sp³-hybridized carbons (Fsp3) is 0.368. The average molecular weight is 280 g/mol. The molecule has 0 radical (unpaired) electrons. The summed E-state index contributed by atoms with van der Waals surface area (Å²) >= 11 is 0. The number of nitrogens with zero attached hydrogens (tertiary/aromatic N) is 1. The third-order valence-electron chi connectivity index (χ3n) is 4.46. The zero-order chi connectivity index (χ0) is 14.7. The number of rotatable bonds is 4. The van der Waals surface area contributed by atoms with Gasteiger partial charge in [0.1, 0.15) is 0 Å². The molecule has 0 bridgehead atoms. The van der Waals surface area contributed by atoms with Gasteiger partial charge in [-0.3, -0.25) is 0 Å². The molecule has 1 unspecified atom stereocenters. The lowest BCUT2D eigenvalue weighted by Gasteiger charge is -2.29. The molecule has 0 saturated heterocycles. The van der Waals surface area contributed by atoms with E-state index in [0.717, 1.165) is 18.8 Å². The van der Waals surface area contributed by atoms with Crippen molar-refractivity contribution >= 4 is 5.69 Å². The van der Waals surface area contributed by atoms with Gasteiger partial charge in [-0.1, -0.05) is 36.4 Å². The van der Waals surface area contributed by atoms with E-state index < -0.39 is 0 Å². The number of hydrogen-bond donors (Lipinski definition) is 1. The van der Waals surface area contributed by atoms with Gasteiger partial charge in [0.05, 0.1) is 0 Å². The van der Waals surface area contributed by atoms with E-state index in [1.807, 2.05) is 12.1 Å². The van der Waals surface area contributed by atoms with Gasteiger partial charge in [-0.2, -0.15) is 0 Å². The Morgan fingerprint density at radius 3 is 2.67 bits per heavy atom. The number of hydrogen-bond acceptors (Lipinski definition) is 2. The highest BCUT2D eigenvalue weighted by atomic mass is 15.1. The predicted molar refractivity (Wildman–Crippen MR) is 89.3 cm³/mol. The molecular weight excluding hydrogens is 256 g/mol. The molecule has 2 aromatic rings. The first-order valence-electron chi connectivity index (χ1n) is 7.83. The van der Waals surface area contributed by atoms with Gasteiger partial charge < -0.3 is 10.6 Å². The summed E-state index contributed by atoms with van der Waals surface area (Å²) in [6.45, 7) is 2.11. The van der Waals surface area contributed by atoms with Crippen LogP contribution in [0.5, 0.6) is 0 Å². The first kappa shape index (κ1) is 14.2. The number of likely N-dealkylation sites (N-methyl/N-ethyl adjacent to an activating group) is 1. The van der Waals surface area contributed by atoms with Crippen LogP contribution < -0.4 is 5.73 Å². The van der Waals surface area contributed by atoms with E-state index in [1.165, 1.54) is 24.8 Å². The summed E-state index contributed by atoms with van der Waals surface area (Å²) in [4.78, 5) is 2.43. The normalized spacial score (nSPS) is 17.7. The Bertz CT molecular complexity index is 589. The molecule has 2 heteroatoms. The monoisotopic (exact) mass is 280 g/mol. The fourth-order valence-electron chi connectivity index (χ4n) is 3.42. The van der Waals surface area contributed by atoms with Crippen LogP contribution in [0, 0.1) is 0 Å². The lowest BCUT2D eigenvalue weighted by Crippen LogP contribution is -2.26. The highest BCUT2D eigenvalue weighted by Crippen LogP contribution is 2.32. The maximum atomic E-state index is 5.75. The molecule has 1 atom stereocenters. The van der Waals surface area contributed by atoms with Crippen molar-refractivity contribution < 1.29 is 0 Å². The minimum absolute atomic E-state index is 0.675. The first-order valence-corrected chi connectivity index (χ1v) is 7.83. The van der Waals surface area contributed by atoms with Crippen LogP contribution in [0.1, 0.15) is 35.4 Å². The maximum Gasteiger partial charge on any atom is 0.0314 e. The Morgan fingerprint density at radius 1 is 1.10 bits per heavy atom. The van der Waals surface area contributed by atoms with E-state index in [4.69, 9.17) is 5.73 Å². The quantitative estimate of drug-likeness (QED) is 0.863. The van der Waals surface area contributed by atoms with Gasteiger partial charge in [-0.25, -0.2) is 0 Å². The molecule has 1 aliphatic rings. The van der Waals surface area contributed by atoms with Crippen LogP contribution in [0.3, 0.4) is 0 Å². The highest BCUT2D eigenvalue weighted by Gasteiger charge is 2.20. The minimum Gasteiger partial charge on any atom is -0.399 e. The average Bonchev–Trinajstić information content (AvgIpc) is 2.50. The molecule has 0 aliphatic heterocycles. The Balaban J connectivity index is 1.65. The molecule has 2 nitrogen and oxygen atoms in total. The van der Waals surface area contributed by atoms with Gasteiger partial charge in [0.15, 0.2) is 0 Å². The Hall–Kier alpha value is -1.80. The summed E-state index contributed by atoms with van der Waals surface area (Å²) in [5, 5.41) is 0. The van der Waals surface area contributed by atoms with E-state index >= 15 is 0 Å². The van der Waals surface area contributed by atoms with Crippen molar-refractivity contribution in [1.29, 1.82) is 0 Å². The maximum absolute atomic E-state index is 5.75. The van der Waals surface area contributed by atoms with Crippen LogP contribution in [-0.2, 0) is 13.0 Å². The molecule has 2 aromatic carbocycles. The van der Waals surface area contributed by atoms with Crippen LogP contribution >= 0.6 is 0 Å². The first-order chi connectivity index (χ1) is 10.2. The lowest BCUT2D eigenvalue weighted by molar-refractivity contribution is 0.291. The number of nitrogen functional groups attached to an aromatic ring is 1. The number of fused-ring (bicyclic) bond motifs is 1. The molecule has 0 fully saturated rings. The molecular formula is C19H24N2. The van der Waals surface area contributed by atoms with Crippen LogP contribution in [0.25, 0.3) is 0 Å². The summed E-state index contributed by atoms with van der Waals surface area (Å²) in [7, 11) is 2.22. The van der Waals surface area contributed by atoms with Gasteiger partial charge in [0.25, 0.3) is 0 Å². The fourth-order valence-corrected chi connectivity index (χ4v) is 3.42. The number of benzene rings is 2. The van der Waals surface area contributed by atoms with E-state index in [2.05, 4.69) is 48.3 Å². The van der Waals surface area contributed by atoms with Gasteiger partial charge >= 0.3 is 0 Å². The molecule has 21 heavy (non-hydrogen) atoms. The minimum atomic E-state index is 0.675. The number of aryl methyl sites for hydroxylation is 1. The van der Waals surface area contributed by atoms with Crippen molar-refractivity contribution in [2.45, 2.75) is 31.7 Å². The Kier molecular flexibility index (Phi) is 4.26. The van der Waals surface area contributed by atoms with Crippen LogP contribution in [0.2, 0.25) is 0 Å². The number of anilines is 1. The third kappa shape index (κ3) is 3.45. The summed E-state index contributed by atoms with van der Waals surface area (Å²) in [6.07, 6.45) is 3.87. The largest absolute Gasteiger partial charge is 0.399 e. The predicted octanol–water partition coefficient (Wildman–Crippen LogP) is 3.82. The molecule has 110 valence electrons. The van der Waals surface area contributed by atoms with Crippen molar-refractivity contribution in [2.24, 2.45) is 0 Å². The van der Waals surface area contributed by atoms with E-state index in [-0.39, 0.29) is 0 Å². The smallest absolute Gasteiger partial charge is 0.0314 e. The Labute approximate surface area is 127 Å². The van der Waals surface area contributed by atoms with Gasteiger partial charge in [-0.05, 0) is 61.1 Å². The molecule has 0 amide bonds. The van der Waals surface area contributed by atoms with Crippen LogP contribution in [-0.4, -0.2) is 18.5 Å². The molecule has 0 aromatic heterocycles. The SMILES string of the molecule is CN(Cc1ccc(N)cc1)CC1CCCc2ccccc21. The molecule has 1 aliphatic carbocycles. The summed E-state index contributed by atoms with van der Waals surface area (Å²) in [5.41, 5.74) is 11.0. The second kappa shape index (κ2) is 6.31. The second-order valence-corrected chi connectivity index (χ2v) is 6.23.